The van der Waals surface area contributed by atoms with Crippen LogP contribution < -0.4 is 82.4 Å². The van der Waals surface area contributed by atoms with Crippen LogP contribution in [-0.2, 0) is 19.2 Å². The first kappa shape index (κ1) is 31.5. The van der Waals surface area contributed by atoms with Gasteiger partial charge in [0.2, 0.25) is 6.41 Å². The molecule has 9 nitrogen and oxygen atoms in total. The summed E-state index contributed by atoms with van der Waals surface area (Å²) < 4.78 is 0. The van der Waals surface area contributed by atoms with E-state index >= 15 is 0 Å². The van der Waals surface area contributed by atoms with E-state index in [4.69, 9.17) is 20.1 Å². The number of aliphatic hydroxyl groups is 1. The summed E-state index contributed by atoms with van der Waals surface area (Å²) in [5, 5.41) is 35.5. The molecule has 1 amide bonds. The monoisotopic (exact) mass is 317 g/mol. The first-order valence-electron chi connectivity index (χ1n) is 3.72. The minimum absolute atomic E-state index is 0. The van der Waals surface area contributed by atoms with Crippen molar-refractivity contribution in [3.05, 3.63) is 0 Å². The van der Waals surface area contributed by atoms with Crippen molar-refractivity contribution in [3.8, 4) is 0 Å². The molecule has 12 heteroatoms. The SMILES string of the molecule is NC=O.O=C(O)CC(O)(CC(=O)O)C(=O)[O-].[Cl-].[Na+].[Na+]. The molecule has 0 saturated carbocycles. The Labute approximate surface area is 158 Å². The smallest absolute Gasteiger partial charge is 1.00 e. The number of hydrogen-bond donors (Lipinski definition) is 4. The van der Waals surface area contributed by atoms with E-state index in [0.717, 1.165) is 0 Å². The van der Waals surface area contributed by atoms with Crippen molar-refractivity contribution in [3.63, 3.8) is 0 Å². The topological polar surface area (TPSA) is 178 Å². The van der Waals surface area contributed by atoms with Crippen molar-refractivity contribution in [2.75, 3.05) is 0 Å². The van der Waals surface area contributed by atoms with E-state index in [1.807, 2.05) is 0 Å². The zero-order valence-electron chi connectivity index (χ0n) is 10.3. The molecular formula is C7H10ClNNa2O8. The van der Waals surface area contributed by atoms with Gasteiger partial charge < -0.3 is 43.4 Å². The number of aliphatic carboxylic acids is 3. The third-order valence-corrected chi connectivity index (χ3v) is 1.27. The number of carboxylic acids is 3. The van der Waals surface area contributed by atoms with Gasteiger partial charge in [-0.15, -0.1) is 0 Å². The molecule has 0 aromatic rings. The Morgan fingerprint density at radius 2 is 1.32 bits per heavy atom. The molecule has 0 saturated heterocycles. The van der Waals surface area contributed by atoms with Crippen LogP contribution in [-0.4, -0.2) is 45.2 Å². The van der Waals surface area contributed by atoms with Crippen LogP contribution in [0.5, 0.6) is 0 Å². The number of nitrogens with two attached hydrogens (primary N) is 1. The van der Waals surface area contributed by atoms with E-state index in [9.17, 15) is 19.5 Å². The molecule has 19 heavy (non-hydrogen) atoms. The van der Waals surface area contributed by atoms with E-state index < -0.39 is 36.4 Å². The molecule has 100 valence electrons. The number of carbonyl (C=O) groups is 4. The number of amides is 1. The normalized spacial score (nSPS) is 8.05. The van der Waals surface area contributed by atoms with Crippen LogP contribution in [0.15, 0.2) is 0 Å². The molecule has 0 aromatic carbocycles. The van der Waals surface area contributed by atoms with Crippen molar-refractivity contribution in [2.24, 2.45) is 5.73 Å². The van der Waals surface area contributed by atoms with E-state index in [2.05, 4.69) is 5.73 Å². The Bertz CT molecular complexity index is 285. The fourth-order valence-electron chi connectivity index (χ4n) is 0.707. The van der Waals surface area contributed by atoms with Gasteiger partial charge in [-0.3, -0.25) is 14.4 Å². The Morgan fingerprint density at radius 3 is 1.42 bits per heavy atom. The molecule has 0 bridgehead atoms. The van der Waals surface area contributed by atoms with Crippen LogP contribution in [0.1, 0.15) is 12.8 Å². The molecule has 0 aliphatic rings. The van der Waals surface area contributed by atoms with Gasteiger partial charge in [0.1, 0.15) is 5.60 Å². The molecule has 0 radical (unpaired) electrons. The number of rotatable bonds is 5. The first-order valence-corrected chi connectivity index (χ1v) is 3.72. The van der Waals surface area contributed by atoms with Crippen LogP contribution >= 0.6 is 0 Å². The van der Waals surface area contributed by atoms with E-state index in [-0.39, 0.29) is 77.9 Å². The van der Waals surface area contributed by atoms with Gasteiger partial charge in [-0.1, -0.05) is 0 Å². The van der Waals surface area contributed by atoms with Crippen molar-refractivity contribution in [1.29, 1.82) is 0 Å². The zero-order valence-corrected chi connectivity index (χ0v) is 15.1. The Kier molecular flexibility index (Phi) is 26.8. The summed E-state index contributed by atoms with van der Waals surface area (Å²) in [5.41, 5.74) is 1.32. The van der Waals surface area contributed by atoms with E-state index in [1.54, 1.807) is 0 Å². The van der Waals surface area contributed by atoms with Gasteiger partial charge in [-0.25, -0.2) is 0 Å². The molecule has 0 spiro atoms. The molecule has 0 atom stereocenters. The quantitative estimate of drug-likeness (QED) is 0.285. The summed E-state index contributed by atoms with van der Waals surface area (Å²) in [6.45, 7) is 0. The average molecular weight is 318 g/mol. The third kappa shape index (κ3) is 18.1. The van der Waals surface area contributed by atoms with Crippen LogP contribution in [0.4, 0.5) is 0 Å². The molecule has 0 aromatic heterocycles. The molecule has 0 fully saturated rings. The predicted octanol–water partition coefficient (Wildman–Crippen LogP) is -12.5. The number of carboxylic acid groups (broad SMARTS) is 3. The molecule has 0 aliphatic heterocycles. The van der Waals surface area contributed by atoms with Crippen molar-refractivity contribution < 1.29 is 111 Å². The Hall–Kier alpha value is 0.130. The average Bonchev–Trinajstić information content (AvgIpc) is 2.01. The van der Waals surface area contributed by atoms with E-state index in [1.165, 1.54) is 0 Å². The minimum atomic E-state index is -2.85. The van der Waals surface area contributed by atoms with Crippen molar-refractivity contribution in [1.82, 2.24) is 0 Å². The zero-order chi connectivity index (χ0) is 13.4. The summed E-state index contributed by atoms with van der Waals surface area (Å²) in [4.78, 5) is 38.9. The van der Waals surface area contributed by atoms with Crippen LogP contribution in [0.3, 0.4) is 0 Å². The van der Waals surface area contributed by atoms with Crippen LogP contribution in [0.25, 0.3) is 0 Å². The fraction of sp³-hybridized carbons (Fsp3) is 0.429. The molecule has 0 rings (SSSR count). The van der Waals surface area contributed by atoms with Gasteiger partial charge in [0.05, 0.1) is 18.8 Å². The largest absolute Gasteiger partial charge is 1.00 e. The fourth-order valence-corrected chi connectivity index (χ4v) is 0.707. The number of hydrogen-bond acceptors (Lipinski definition) is 6. The van der Waals surface area contributed by atoms with Gasteiger partial charge in [0, 0.05) is 0 Å². The van der Waals surface area contributed by atoms with Crippen LogP contribution in [0, 0.1) is 0 Å². The maximum absolute atomic E-state index is 10.2. The Morgan fingerprint density at radius 1 is 1.11 bits per heavy atom. The van der Waals surface area contributed by atoms with Gasteiger partial charge in [0.15, 0.2) is 0 Å². The molecule has 5 N–H and O–H groups in total. The second kappa shape index (κ2) is 16.2. The molecule has 0 aliphatic carbocycles. The second-order valence-corrected chi connectivity index (χ2v) is 2.60. The predicted molar refractivity (Wildman–Crippen MR) is 44.7 cm³/mol. The van der Waals surface area contributed by atoms with Gasteiger partial charge in [0.25, 0.3) is 0 Å². The van der Waals surface area contributed by atoms with E-state index in [0.29, 0.717) is 0 Å². The number of primary amides is 1. The summed E-state index contributed by atoms with van der Waals surface area (Å²) in [5.74, 6) is -5.35. The first-order chi connectivity index (χ1) is 7.19. The standard InChI is InChI=1S/C6H8O7.CH3NO.ClH.2Na/c7-3(8)1-6(13,5(11)12)2-4(9)10;2-1-3;;;/h13H,1-2H2,(H,7,8)(H,9,10)(H,11,12);1H,(H2,2,3);1H;;/q;;;2*+1/p-2. The molecular weight excluding hydrogens is 308 g/mol. The maximum atomic E-state index is 10.2. The van der Waals surface area contributed by atoms with Crippen LogP contribution in [0.2, 0.25) is 0 Å². The van der Waals surface area contributed by atoms with Crippen molar-refractivity contribution in [2.45, 2.75) is 18.4 Å². The van der Waals surface area contributed by atoms with Gasteiger partial charge >= 0.3 is 71.1 Å². The van der Waals surface area contributed by atoms with Gasteiger partial charge in [-0.2, -0.15) is 0 Å². The van der Waals surface area contributed by atoms with Gasteiger partial charge in [-0.05, 0) is 0 Å². The molecule has 0 unspecified atom stereocenters. The number of carbonyl (C=O) groups excluding carboxylic acids is 2. The second-order valence-electron chi connectivity index (χ2n) is 2.60. The summed E-state index contributed by atoms with van der Waals surface area (Å²) in [6.07, 6.45) is -2.16. The number of halogens is 1. The summed E-state index contributed by atoms with van der Waals surface area (Å²) >= 11 is 0. The summed E-state index contributed by atoms with van der Waals surface area (Å²) in [7, 11) is 0. The third-order valence-electron chi connectivity index (χ3n) is 1.27. The Balaban J connectivity index is -0.0000000992. The maximum Gasteiger partial charge on any atom is 1.00 e. The van der Waals surface area contributed by atoms with Crippen molar-refractivity contribution >= 4 is 24.3 Å². The minimum Gasteiger partial charge on any atom is -1.00 e. The summed E-state index contributed by atoms with van der Waals surface area (Å²) in [6, 6.07) is 0. The molecule has 0 heterocycles.